The van der Waals surface area contributed by atoms with E-state index in [0.29, 0.717) is 102 Å². The van der Waals surface area contributed by atoms with Crippen LogP contribution in [0.15, 0.2) is 164 Å². The Balaban J connectivity index is 0.000000184. The SMILES string of the molecule is C.C.C.C.CC(C)(C(=O)N[C@@H](CCN1CC(CCc2ccc3c(n2)NCCC3)C1)C(=O)O)c1ccccc1.CC(C)(Cc1ccccc1)C(=O)N[C@@H](CCN1CC(CCc2ccc3c(n2)NCCC3)C1)C(=O)O.O=C(N[C@@H](CCN1CC(CCc2ccc3c(n2)NCCC3)C1)C(=O)O)C1CCCN1Cc1ccccc1.O=C(O)[C@H](CCN1CC(CCc2ccc3c(n2)NCCC3)C1)NC(=O)N1CCC(c2ccccn2)C1. The van der Waals surface area contributed by atoms with Gasteiger partial charge in [0.05, 0.1) is 11.5 Å². The monoisotopic (exact) mass is 2000 g/mol. The fourth-order valence-corrected chi connectivity index (χ4v) is 21.2. The van der Waals surface area contributed by atoms with Crippen molar-refractivity contribution >= 4 is 70.9 Å². The molecule has 31 nitrogen and oxygen atoms in total. The summed E-state index contributed by atoms with van der Waals surface area (Å²) in [5.74, 6) is 2.34. The molecule has 3 aromatic carbocycles. The van der Waals surface area contributed by atoms with Gasteiger partial charge < -0.3 is 87.5 Å². The Bertz CT molecular complexity index is 5490. The predicted molar refractivity (Wildman–Crippen MR) is 578 cm³/mol. The van der Waals surface area contributed by atoms with Crippen LogP contribution in [-0.4, -0.2) is 277 Å². The average Bonchev–Trinajstić information content (AvgIpc) is 1.21. The van der Waals surface area contributed by atoms with Gasteiger partial charge in [-0.2, -0.15) is 0 Å². The highest BCUT2D eigenvalue weighted by Crippen LogP contribution is 2.34. The maximum Gasteiger partial charge on any atom is 0.326 e. The lowest BCUT2D eigenvalue weighted by Gasteiger charge is -2.40. The molecular formula is C115H165N19O12. The largest absolute Gasteiger partial charge is 0.480 e. The Morgan fingerprint density at radius 3 is 1.12 bits per heavy atom. The van der Waals surface area contributed by atoms with Crippen LogP contribution in [0.1, 0.15) is 227 Å². The maximum atomic E-state index is 13.0. The number of nitrogens with zero attached hydrogens (tertiary/aromatic N) is 11. The molecule has 792 valence electrons. The number of fused-ring (bicyclic) bond motifs is 4. The van der Waals surface area contributed by atoms with Crippen molar-refractivity contribution in [1.29, 1.82) is 0 Å². The van der Waals surface area contributed by atoms with E-state index in [1.807, 2.05) is 125 Å². The lowest BCUT2D eigenvalue weighted by molar-refractivity contribution is -0.144. The van der Waals surface area contributed by atoms with Crippen LogP contribution in [0.4, 0.5) is 28.1 Å². The zero-order chi connectivity index (χ0) is 99.5. The number of carbonyl (C=O) groups is 8. The van der Waals surface area contributed by atoms with Crippen LogP contribution in [0, 0.1) is 29.1 Å². The number of benzene rings is 3. The first-order valence-corrected chi connectivity index (χ1v) is 52.2. The van der Waals surface area contributed by atoms with Crippen molar-refractivity contribution < 1.29 is 58.8 Å². The van der Waals surface area contributed by atoms with Gasteiger partial charge in [0, 0.05) is 170 Å². The van der Waals surface area contributed by atoms with Gasteiger partial charge in [0.15, 0.2) is 0 Å². The second kappa shape index (κ2) is 55.7. The van der Waals surface area contributed by atoms with Gasteiger partial charge in [0.2, 0.25) is 17.7 Å². The van der Waals surface area contributed by atoms with Crippen LogP contribution in [-0.2, 0) is 103 Å². The summed E-state index contributed by atoms with van der Waals surface area (Å²) in [6.45, 7) is 24.6. The van der Waals surface area contributed by atoms with Crippen LogP contribution in [0.5, 0.6) is 0 Å². The third kappa shape index (κ3) is 33.0. The van der Waals surface area contributed by atoms with Crippen LogP contribution in [0.2, 0.25) is 0 Å². The summed E-state index contributed by atoms with van der Waals surface area (Å²) >= 11 is 0. The highest BCUT2D eigenvalue weighted by atomic mass is 16.4. The van der Waals surface area contributed by atoms with Gasteiger partial charge in [-0.25, -0.2) is 43.9 Å². The summed E-state index contributed by atoms with van der Waals surface area (Å²) in [5, 5.41) is 63.5. The van der Waals surface area contributed by atoms with Crippen molar-refractivity contribution in [1.82, 2.24) is 75.6 Å². The van der Waals surface area contributed by atoms with E-state index >= 15 is 0 Å². The topological polar surface area (TPSA) is 398 Å². The van der Waals surface area contributed by atoms with Crippen LogP contribution in [0.25, 0.3) is 0 Å². The number of aryl methyl sites for hydroxylation is 8. The van der Waals surface area contributed by atoms with E-state index in [-0.39, 0.29) is 65.4 Å². The summed E-state index contributed by atoms with van der Waals surface area (Å²) in [7, 11) is 0. The number of anilines is 4. The number of hydrogen-bond donors (Lipinski definition) is 12. The molecule has 31 heteroatoms. The lowest BCUT2D eigenvalue weighted by Crippen LogP contribution is -2.52. The first-order chi connectivity index (χ1) is 68.7. The molecule has 12 N–H and O–H groups in total. The zero-order valence-electron chi connectivity index (χ0n) is 83.4. The standard InChI is InChI=1S/C29H39N5O3.C28H38N4O3.C27H36N6O3.C27H36N4O3.4CH4/c35-28(26-9-5-16-34(26)20-21-6-2-1-3-7-21)32-25(29(36)37)14-17-33-18-22(19-33)10-12-24-13-11-23-8-4-15-30-27(23)31-24;1-28(2,17-20-7-4-3-5-8-20)27(35)31-24(26(33)34)14-16-32-18-21(19-32)10-12-23-13-11-22-9-6-15-29-25(22)30-23;34-26(35)24(31-27(36)33-15-10-21(18-33)23-5-1-2-12-28-23)11-14-32-16-19(17-32)6-8-22-9-7-20-4-3-13-29-25(20)30-22;1-27(2,21-8-4-3-5-9-21)26(34)30-23(25(32)33)14-16-31-17-19(18-31)10-12-22-13-11-20-7-6-15-28-24(20)29-22;;;;/h1-3,6-7,11,13,22,25-26H,4-5,8-10,12,14-20H2,(H,30,31)(H,32,35)(H,36,37);3-5,7-8,11,13,21,24H,6,9-10,12,14-19H2,1-2H3,(H,29,30)(H,31,35)(H,33,34);1-2,5,7,9,12,19,21,24H,3-4,6,8,10-11,13-18H2,(H,29,30)(H,31,36)(H,34,35);3-5,8-9,11,13,19,23H,6-7,10,12,14-18H2,1-2H3,(H,28,29)(H,30,34)(H,32,33);4*1H4/t25-,26?;24-;21?,24-;23-;;;;/m0000..../s1. The van der Waals surface area contributed by atoms with Gasteiger partial charge in [-0.15, -0.1) is 0 Å². The molecule has 2 unspecified atom stereocenters. The molecule has 10 aliphatic heterocycles. The van der Waals surface area contributed by atoms with E-state index in [2.05, 4.69) is 133 Å². The fraction of sp³-hybridized carbons (Fsp3) is 0.557. The number of hydrogen-bond acceptors (Lipinski definition) is 22. The Hall–Kier alpha value is -12.0. The smallest absolute Gasteiger partial charge is 0.326 e. The van der Waals surface area contributed by atoms with E-state index in [1.54, 1.807) is 11.1 Å². The molecule has 18 rings (SSSR count). The van der Waals surface area contributed by atoms with Crippen molar-refractivity contribution in [3.05, 3.63) is 231 Å². The van der Waals surface area contributed by atoms with Crippen molar-refractivity contribution in [2.45, 2.75) is 260 Å². The molecule has 0 aliphatic carbocycles. The first-order valence-electron chi connectivity index (χ1n) is 52.2. The minimum absolute atomic E-state index is 0. The van der Waals surface area contributed by atoms with E-state index in [9.17, 15) is 58.8 Å². The summed E-state index contributed by atoms with van der Waals surface area (Å²) < 4.78 is 0. The van der Waals surface area contributed by atoms with E-state index < -0.39 is 58.9 Å². The summed E-state index contributed by atoms with van der Waals surface area (Å²) in [6.07, 6.45) is 23.9. The number of carboxylic acid groups (broad SMARTS) is 4. The molecule has 0 saturated carbocycles. The van der Waals surface area contributed by atoms with Gasteiger partial charge in [-0.05, 0) is 274 Å². The number of carboxylic acids is 4. The molecule has 6 atom stereocenters. The van der Waals surface area contributed by atoms with Gasteiger partial charge in [-0.3, -0.25) is 24.3 Å². The van der Waals surface area contributed by atoms with E-state index in [1.165, 1.54) is 53.5 Å². The minimum atomic E-state index is -0.985. The molecule has 6 fully saturated rings. The molecule has 10 aliphatic rings. The van der Waals surface area contributed by atoms with Crippen LogP contribution < -0.4 is 42.5 Å². The Labute approximate surface area is 866 Å². The van der Waals surface area contributed by atoms with Gasteiger partial charge >= 0.3 is 29.9 Å². The number of aliphatic carboxylic acids is 4. The molecule has 15 heterocycles. The molecule has 146 heavy (non-hydrogen) atoms. The predicted octanol–water partition coefficient (Wildman–Crippen LogP) is 15.0. The molecule has 6 saturated heterocycles. The van der Waals surface area contributed by atoms with Crippen molar-refractivity contribution in [3.8, 4) is 0 Å². The Kier molecular flexibility index (Phi) is 43.6. The number of pyridine rings is 5. The number of nitrogens with one attached hydrogen (secondary N) is 8. The zero-order valence-corrected chi connectivity index (χ0v) is 83.4. The normalized spacial score (nSPS) is 18.6. The lowest BCUT2D eigenvalue weighted by atomic mass is 9.83. The first kappa shape index (κ1) is 114. The Morgan fingerprint density at radius 1 is 0.390 bits per heavy atom. The summed E-state index contributed by atoms with van der Waals surface area (Å²) in [6, 6.07) is 48.6. The van der Waals surface area contributed by atoms with Crippen LogP contribution in [0.3, 0.4) is 0 Å². The average molecular weight is 2010 g/mol. The summed E-state index contributed by atoms with van der Waals surface area (Å²) in [4.78, 5) is 135. The number of likely N-dealkylation sites (tertiary alicyclic amines) is 6. The van der Waals surface area contributed by atoms with Crippen molar-refractivity contribution in [2.24, 2.45) is 29.1 Å². The fourth-order valence-electron chi connectivity index (χ4n) is 21.2. The molecule has 0 radical (unpaired) electrons. The number of aromatic nitrogens is 5. The van der Waals surface area contributed by atoms with Gasteiger partial charge in [0.25, 0.3) is 0 Å². The van der Waals surface area contributed by atoms with Crippen LogP contribution >= 0.6 is 0 Å². The second-order valence-corrected chi connectivity index (χ2v) is 42.0. The third-order valence-electron chi connectivity index (χ3n) is 30.2. The highest BCUT2D eigenvalue weighted by Gasteiger charge is 2.40. The molecule has 8 aromatic rings. The molecule has 5 amide bonds. The number of rotatable bonds is 41. The van der Waals surface area contributed by atoms with Crippen molar-refractivity contribution in [2.75, 3.05) is 146 Å². The number of amides is 5. The summed E-state index contributed by atoms with van der Waals surface area (Å²) in [5.41, 5.74) is 12.4. The third-order valence-corrected chi connectivity index (χ3v) is 30.2. The number of urea groups is 1. The molecular weight excluding hydrogens is 1840 g/mol. The second-order valence-electron chi connectivity index (χ2n) is 42.0. The highest BCUT2D eigenvalue weighted by molar-refractivity contribution is 5.91. The quantitative estimate of drug-likeness (QED) is 0.0169. The van der Waals surface area contributed by atoms with Gasteiger partial charge in [-0.1, -0.05) is 165 Å². The molecule has 5 aromatic heterocycles. The minimum Gasteiger partial charge on any atom is -0.480 e. The van der Waals surface area contributed by atoms with E-state index in [0.717, 1.165) is 244 Å². The molecule has 0 bridgehead atoms. The van der Waals surface area contributed by atoms with Crippen molar-refractivity contribution in [3.63, 3.8) is 0 Å². The number of carbonyl (C=O) groups excluding carboxylic acids is 4. The maximum absolute atomic E-state index is 13.0. The van der Waals surface area contributed by atoms with Gasteiger partial charge in [0.1, 0.15) is 47.4 Å². The molecule has 0 spiro atoms. The Morgan fingerprint density at radius 2 is 0.747 bits per heavy atom. The van der Waals surface area contributed by atoms with E-state index in [4.69, 9.17) is 19.9 Å².